The molecule has 1 aliphatic rings. The third-order valence-electron chi connectivity index (χ3n) is 1.93. The summed E-state index contributed by atoms with van der Waals surface area (Å²) in [5.41, 5.74) is 4.21. The molecular formula is C9H17FN2O2. The SMILES string of the molecule is CC(C)(C)OC(=O)N1CC(N)(CF)C1. The minimum absolute atomic E-state index is 0.235. The molecular weight excluding hydrogens is 187 g/mol. The number of hydrogen-bond donors (Lipinski definition) is 1. The van der Waals surface area contributed by atoms with Gasteiger partial charge in [-0.1, -0.05) is 0 Å². The summed E-state index contributed by atoms with van der Waals surface area (Å²) in [6.45, 7) is 5.23. The van der Waals surface area contributed by atoms with Gasteiger partial charge in [0.1, 0.15) is 12.3 Å². The van der Waals surface area contributed by atoms with E-state index in [1.54, 1.807) is 20.8 Å². The van der Waals surface area contributed by atoms with Gasteiger partial charge in [-0.15, -0.1) is 0 Å². The van der Waals surface area contributed by atoms with E-state index in [1.165, 1.54) is 4.90 Å². The van der Waals surface area contributed by atoms with Crippen LogP contribution in [0.25, 0.3) is 0 Å². The number of hydrogen-bond acceptors (Lipinski definition) is 3. The fraction of sp³-hybridized carbons (Fsp3) is 0.889. The number of rotatable bonds is 1. The van der Waals surface area contributed by atoms with Gasteiger partial charge in [-0.2, -0.15) is 0 Å². The molecule has 4 nitrogen and oxygen atoms in total. The molecule has 5 heteroatoms. The van der Waals surface area contributed by atoms with Gasteiger partial charge in [0, 0.05) is 13.1 Å². The zero-order chi connectivity index (χ0) is 11.0. The van der Waals surface area contributed by atoms with Crippen molar-refractivity contribution in [3.05, 3.63) is 0 Å². The molecule has 0 atom stereocenters. The summed E-state index contributed by atoms with van der Waals surface area (Å²) in [7, 11) is 0. The number of ether oxygens (including phenoxy) is 1. The van der Waals surface area contributed by atoms with E-state index in [-0.39, 0.29) is 13.1 Å². The first-order valence-electron chi connectivity index (χ1n) is 4.59. The van der Waals surface area contributed by atoms with Gasteiger partial charge in [-0.25, -0.2) is 9.18 Å². The van der Waals surface area contributed by atoms with Crippen LogP contribution in [0.5, 0.6) is 0 Å². The molecule has 2 N–H and O–H groups in total. The summed E-state index contributed by atoms with van der Waals surface area (Å²) in [5, 5.41) is 0. The van der Waals surface area contributed by atoms with Gasteiger partial charge in [0.2, 0.25) is 0 Å². The zero-order valence-electron chi connectivity index (χ0n) is 8.84. The van der Waals surface area contributed by atoms with E-state index in [2.05, 4.69) is 0 Å². The van der Waals surface area contributed by atoms with Crippen molar-refractivity contribution < 1.29 is 13.9 Å². The first-order chi connectivity index (χ1) is 6.26. The standard InChI is InChI=1S/C9H17FN2O2/c1-8(2,3)14-7(13)12-5-9(11,4-10)6-12/h4-6,11H2,1-3H3. The number of nitrogens with two attached hydrogens (primary N) is 1. The predicted octanol–water partition coefficient (Wildman–Crippen LogP) is 0.904. The Morgan fingerprint density at radius 3 is 2.43 bits per heavy atom. The Morgan fingerprint density at radius 1 is 1.57 bits per heavy atom. The van der Waals surface area contributed by atoms with E-state index in [1.807, 2.05) is 0 Å². The molecule has 1 heterocycles. The van der Waals surface area contributed by atoms with Crippen LogP contribution in [0, 0.1) is 0 Å². The molecule has 1 amide bonds. The van der Waals surface area contributed by atoms with E-state index < -0.39 is 23.9 Å². The molecule has 0 saturated carbocycles. The highest BCUT2D eigenvalue weighted by molar-refractivity contribution is 5.69. The van der Waals surface area contributed by atoms with Crippen LogP contribution >= 0.6 is 0 Å². The summed E-state index contributed by atoms with van der Waals surface area (Å²) in [6, 6.07) is 0. The van der Waals surface area contributed by atoms with Crippen molar-refractivity contribution in [1.82, 2.24) is 4.90 Å². The maximum Gasteiger partial charge on any atom is 0.410 e. The number of alkyl halides is 1. The van der Waals surface area contributed by atoms with Crippen LogP contribution < -0.4 is 5.73 Å². The van der Waals surface area contributed by atoms with Gasteiger partial charge < -0.3 is 15.4 Å². The van der Waals surface area contributed by atoms with E-state index in [0.717, 1.165) is 0 Å². The predicted molar refractivity (Wildman–Crippen MR) is 50.7 cm³/mol. The van der Waals surface area contributed by atoms with Crippen molar-refractivity contribution in [3.8, 4) is 0 Å². The first-order valence-corrected chi connectivity index (χ1v) is 4.59. The lowest BCUT2D eigenvalue weighted by Gasteiger charge is -2.45. The zero-order valence-corrected chi connectivity index (χ0v) is 8.84. The largest absolute Gasteiger partial charge is 0.444 e. The molecule has 1 fully saturated rings. The van der Waals surface area contributed by atoms with Crippen molar-refractivity contribution in [2.75, 3.05) is 19.8 Å². The molecule has 0 aromatic heterocycles. The van der Waals surface area contributed by atoms with Gasteiger partial charge in [0.15, 0.2) is 0 Å². The second-order valence-corrected chi connectivity index (χ2v) is 4.83. The highest BCUT2D eigenvalue weighted by Crippen LogP contribution is 2.21. The number of carbonyl (C=O) groups excluding carboxylic acids is 1. The molecule has 82 valence electrons. The fourth-order valence-electron chi connectivity index (χ4n) is 1.25. The van der Waals surface area contributed by atoms with E-state index in [9.17, 15) is 9.18 Å². The number of likely N-dealkylation sites (tertiary alicyclic amines) is 1. The average molecular weight is 204 g/mol. The Balaban J connectivity index is 2.37. The Morgan fingerprint density at radius 2 is 2.07 bits per heavy atom. The molecule has 0 spiro atoms. The molecule has 0 aromatic carbocycles. The molecule has 1 saturated heterocycles. The van der Waals surface area contributed by atoms with Crippen molar-refractivity contribution in [2.24, 2.45) is 5.73 Å². The van der Waals surface area contributed by atoms with Gasteiger partial charge in [0.25, 0.3) is 0 Å². The third-order valence-corrected chi connectivity index (χ3v) is 1.93. The minimum atomic E-state index is -0.850. The average Bonchev–Trinajstić information content (AvgIpc) is 1.95. The Labute approximate surface area is 83.2 Å². The van der Waals surface area contributed by atoms with Crippen LogP contribution in [-0.4, -0.2) is 41.9 Å². The topological polar surface area (TPSA) is 55.6 Å². The number of carbonyl (C=O) groups is 1. The van der Waals surface area contributed by atoms with Gasteiger partial charge >= 0.3 is 6.09 Å². The molecule has 14 heavy (non-hydrogen) atoms. The molecule has 0 aromatic rings. The Hall–Kier alpha value is -0.840. The lowest BCUT2D eigenvalue weighted by Crippen LogP contribution is -2.70. The normalized spacial score (nSPS) is 20.2. The molecule has 0 bridgehead atoms. The number of halogens is 1. The van der Waals surface area contributed by atoms with Gasteiger partial charge in [0.05, 0.1) is 5.54 Å². The fourth-order valence-corrected chi connectivity index (χ4v) is 1.25. The quantitative estimate of drug-likeness (QED) is 0.690. The van der Waals surface area contributed by atoms with E-state index in [4.69, 9.17) is 10.5 Å². The lowest BCUT2D eigenvalue weighted by molar-refractivity contribution is -0.0123. The van der Waals surface area contributed by atoms with Crippen LogP contribution in [0.15, 0.2) is 0 Å². The van der Waals surface area contributed by atoms with E-state index in [0.29, 0.717) is 0 Å². The number of amides is 1. The van der Waals surface area contributed by atoms with Crippen molar-refractivity contribution >= 4 is 6.09 Å². The van der Waals surface area contributed by atoms with Crippen LogP contribution in [-0.2, 0) is 4.74 Å². The lowest BCUT2D eigenvalue weighted by atomic mass is 9.93. The molecule has 1 rings (SSSR count). The highest BCUT2D eigenvalue weighted by Gasteiger charge is 2.43. The Kier molecular flexibility index (Phi) is 2.71. The summed E-state index contributed by atoms with van der Waals surface area (Å²) in [4.78, 5) is 12.8. The monoisotopic (exact) mass is 204 g/mol. The molecule has 1 aliphatic heterocycles. The maximum atomic E-state index is 12.3. The van der Waals surface area contributed by atoms with Crippen molar-refractivity contribution in [3.63, 3.8) is 0 Å². The summed E-state index contributed by atoms with van der Waals surface area (Å²) in [6.07, 6.45) is -0.424. The molecule has 0 unspecified atom stereocenters. The smallest absolute Gasteiger partial charge is 0.410 e. The first kappa shape index (κ1) is 11.2. The third kappa shape index (κ3) is 2.57. The minimum Gasteiger partial charge on any atom is -0.444 e. The molecule has 0 aliphatic carbocycles. The Bertz CT molecular complexity index is 231. The van der Waals surface area contributed by atoms with Gasteiger partial charge in [-0.05, 0) is 20.8 Å². The van der Waals surface area contributed by atoms with Crippen LogP contribution in [0.2, 0.25) is 0 Å². The van der Waals surface area contributed by atoms with E-state index >= 15 is 0 Å². The van der Waals surface area contributed by atoms with Crippen LogP contribution in [0.3, 0.4) is 0 Å². The maximum absolute atomic E-state index is 12.3. The number of nitrogens with zero attached hydrogens (tertiary/aromatic N) is 1. The summed E-state index contributed by atoms with van der Waals surface area (Å²) < 4.78 is 17.4. The highest BCUT2D eigenvalue weighted by atomic mass is 19.1. The molecule has 0 radical (unpaired) electrons. The summed E-state index contributed by atoms with van der Waals surface area (Å²) >= 11 is 0. The van der Waals surface area contributed by atoms with Crippen molar-refractivity contribution in [1.29, 1.82) is 0 Å². The van der Waals surface area contributed by atoms with Gasteiger partial charge in [-0.3, -0.25) is 0 Å². The van der Waals surface area contributed by atoms with Crippen molar-refractivity contribution in [2.45, 2.75) is 31.9 Å². The second-order valence-electron chi connectivity index (χ2n) is 4.83. The van der Waals surface area contributed by atoms with Crippen LogP contribution in [0.4, 0.5) is 9.18 Å². The van der Waals surface area contributed by atoms with Crippen LogP contribution in [0.1, 0.15) is 20.8 Å². The summed E-state index contributed by atoms with van der Waals surface area (Å²) in [5.74, 6) is 0. The second kappa shape index (κ2) is 3.38.